The molecule has 0 amide bonds. The molecule has 0 N–H and O–H groups in total. The quantitative estimate of drug-likeness (QED) is 0.640. The van der Waals surface area contributed by atoms with Crippen LogP contribution < -0.4 is 0 Å². The lowest BCUT2D eigenvalue weighted by Gasteiger charge is -2.05. The van der Waals surface area contributed by atoms with Crippen molar-refractivity contribution < 1.29 is 0 Å². The zero-order chi connectivity index (χ0) is 9.26. The Balaban J connectivity index is 2.62. The SMILES string of the molecule is CC(C)c1ccc2n[c]ccc2c1. The minimum atomic E-state index is 0.577. The predicted molar refractivity (Wildman–Crippen MR) is 54.7 cm³/mol. The highest BCUT2D eigenvalue weighted by Crippen LogP contribution is 2.19. The summed E-state index contributed by atoms with van der Waals surface area (Å²) < 4.78 is 0. The van der Waals surface area contributed by atoms with Gasteiger partial charge in [0.05, 0.1) is 11.7 Å². The maximum Gasteiger partial charge on any atom is 0.0894 e. The van der Waals surface area contributed by atoms with Crippen LogP contribution in [0.25, 0.3) is 10.9 Å². The van der Waals surface area contributed by atoms with Gasteiger partial charge in [-0.3, -0.25) is 0 Å². The van der Waals surface area contributed by atoms with E-state index in [0.717, 1.165) is 5.52 Å². The molecule has 0 atom stereocenters. The first-order chi connectivity index (χ1) is 6.27. The molecule has 13 heavy (non-hydrogen) atoms. The lowest BCUT2D eigenvalue weighted by molar-refractivity contribution is 0.868. The third-order valence-electron chi connectivity index (χ3n) is 2.24. The maximum absolute atomic E-state index is 4.16. The summed E-state index contributed by atoms with van der Waals surface area (Å²) in [6.07, 6.45) is 2.83. The monoisotopic (exact) mass is 170 g/mol. The Bertz CT molecular complexity index is 418. The molecule has 65 valence electrons. The Hall–Kier alpha value is -1.37. The summed E-state index contributed by atoms with van der Waals surface area (Å²) in [6.45, 7) is 4.40. The predicted octanol–water partition coefficient (Wildman–Crippen LogP) is 3.16. The van der Waals surface area contributed by atoms with E-state index in [9.17, 15) is 0 Å². The third-order valence-corrected chi connectivity index (χ3v) is 2.24. The molecule has 2 rings (SSSR count). The van der Waals surface area contributed by atoms with Gasteiger partial charge in [0, 0.05) is 5.39 Å². The molecule has 0 unspecified atom stereocenters. The highest BCUT2D eigenvalue weighted by molar-refractivity contribution is 5.78. The van der Waals surface area contributed by atoms with Gasteiger partial charge in [0.2, 0.25) is 0 Å². The molecule has 0 saturated carbocycles. The molecule has 1 aromatic carbocycles. The van der Waals surface area contributed by atoms with Crippen LogP contribution in [0.3, 0.4) is 0 Å². The number of benzene rings is 1. The van der Waals surface area contributed by atoms with Gasteiger partial charge in [-0.2, -0.15) is 0 Å². The van der Waals surface area contributed by atoms with E-state index >= 15 is 0 Å². The molecule has 0 bridgehead atoms. The number of hydrogen-bond acceptors (Lipinski definition) is 1. The molecule has 0 saturated heterocycles. The van der Waals surface area contributed by atoms with Crippen molar-refractivity contribution in [1.29, 1.82) is 0 Å². The molecule has 0 aliphatic rings. The molecule has 0 aliphatic heterocycles. The first-order valence-corrected chi connectivity index (χ1v) is 4.54. The largest absolute Gasteiger partial charge is 0.246 e. The number of fused-ring (bicyclic) bond motifs is 1. The topological polar surface area (TPSA) is 12.9 Å². The Morgan fingerprint density at radius 1 is 1.23 bits per heavy atom. The fourth-order valence-corrected chi connectivity index (χ4v) is 1.40. The van der Waals surface area contributed by atoms with Gasteiger partial charge in [0.15, 0.2) is 0 Å². The summed E-state index contributed by atoms with van der Waals surface area (Å²) >= 11 is 0. The standard InChI is InChI=1S/C12H12N/c1-9(2)10-5-6-12-11(8-10)4-3-7-13-12/h3-6,8-9H,1-2H3. The minimum Gasteiger partial charge on any atom is -0.246 e. The second kappa shape index (κ2) is 3.17. The van der Waals surface area contributed by atoms with Gasteiger partial charge < -0.3 is 0 Å². The van der Waals surface area contributed by atoms with E-state index in [1.54, 1.807) is 0 Å². The van der Waals surface area contributed by atoms with E-state index in [1.165, 1.54) is 10.9 Å². The highest BCUT2D eigenvalue weighted by atomic mass is 14.6. The van der Waals surface area contributed by atoms with E-state index in [-0.39, 0.29) is 0 Å². The summed E-state index contributed by atoms with van der Waals surface area (Å²) in [5.41, 5.74) is 2.38. The first kappa shape index (κ1) is 8.24. The lowest BCUT2D eigenvalue weighted by Crippen LogP contribution is -1.87. The lowest BCUT2D eigenvalue weighted by atomic mass is 10.0. The van der Waals surface area contributed by atoms with Gasteiger partial charge >= 0.3 is 0 Å². The fourth-order valence-electron chi connectivity index (χ4n) is 1.40. The molecule has 1 heteroatoms. The van der Waals surface area contributed by atoms with Crippen molar-refractivity contribution in [2.24, 2.45) is 0 Å². The minimum absolute atomic E-state index is 0.577. The summed E-state index contributed by atoms with van der Waals surface area (Å²) in [6, 6.07) is 10.3. The fraction of sp³-hybridized carbons (Fsp3) is 0.250. The number of aromatic nitrogens is 1. The number of nitrogens with zero attached hydrogens (tertiary/aromatic N) is 1. The van der Waals surface area contributed by atoms with Crippen LogP contribution in [0.4, 0.5) is 0 Å². The first-order valence-electron chi connectivity index (χ1n) is 4.54. The normalized spacial score (nSPS) is 11.0. The average molecular weight is 170 g/mol. The van der Waals surface area contributed by atoms with Crippen LogP contribution in [0.15, 0.2) is 30.3 Å². The van der Waals surface area contributed by atoms with Crippen LogP contribution >= 0.6 is 0 Å². The zero-order valence-electron chi connectivity index (χ0n) is 7.91. The Kier molecular flexibility index (Phi) is 2.01. The van der Waals surface area contributed by atoms with Crippen molar-refractivity contribution in [2.75, 3.05) is 0 Å². The third kappa shape index (κ3) is 1.55. The molecule has 1 heterocycles. The summed E-state index contributed by atoms with van der Waals surface area (Å²) in [5.74, 6) is 0.577. The van der Waals surface area contributed by atoms with Crippen molar-refractivity contribution in [3.63, 3.8) is 0 Å². The van der Waals surface area contributed by atoms with Gasteiger partial charge in [-0.15, -0.1) is 0 Å². The average Bonchev–Trinajstić information content (AvgIpc) is 2.17. The molecule has 0 aliphatic carbocycles. The van der Waals surface area contributed by atoms with Crippen molar-refractivity contribution in [3.8, 4) is 0 Å². The van der Waals surface area contributed by atoms with E-state index in [4.69, 9.17) is 0 Å². The van der Waals surface area contributed by atoms with Crippen LogP contribution in [0.1, 0.15) is 25.3 Å². The molecular formula is C12H12N. The van der Waals surface area contributed by atoms with Gasteiger partial charge in [0.25, 0.3) is 0 Å². The van der Waals surface area contributed by atoms with Crippen molar-refractivity contribution in [2.45, 2.75) is 19.8 Å². The van der Waals surface area contributed by atoms with Crippen LogP contribution in [-0.4, -0.2) is 4.98 Å². The smallest absolute Gasteiger partial charge is 0.0894 e. The Morgan fingerprint density at radius 2 is 2.08 bits per heavy atom. The van der Waals surface area contributed by atoms with Crippen LogP contribution in [0.5, 0.6) is 0 Å². The van der Waals surface area contributed by atoms with Crippen LogP contribution in [0.2, 0.25) is 0 Å². The second-order valence-corrected chi connectivity index (χ2v) is 3.55. The summed E-state index contributed by atoms with van der Waals surface area (Å²) in [4.78, 5) is 4.16. The molecule has 0 spiro atoms. The van der Waals surface area contributed by atoms with Gasteiger partial charge in [-0.1, -0.05) is 26.0 Å². The number of hydrogen-bond donors (Lipinski definition) is 0. The molecule has 1 nitrogen and oxygen atoms in total. The second-order valence-electron chi connectivity index (χ2n) is 3.55. The van der Waals surface area contributed by atoms with E-state index < -0.39 is 0 Å². The Labute approximate surface area is 78.4 Å². The highest BCUT2D eigenvalue weighted by Gasteiger charge is 1.99. The van der Waals surface area contributed by atoms with E-state index in [0.29, 0.717) is 5.92 Å². The Morgan fingerprint density at radius 3 is 2.85 bits per heavy atom. The molecular weight excluding hydrogens is 158 g/mol. The van der Waals surface area contributed by atoms with Crippen molar-refractivity contribution >= 4 is 10.9 Å². The summed E-state index contributed by atoms with van der Waals surface area (Å²) in [5, 5.41) is 1.20. The molecule has 1 radical (unpaired) electrons. The molecule has 2 aromatic rings. The van der Waals surface area contributed by atoms with Crippen LogP contribution in [-0.2, 0) is 0 Å². The maximum atomic E-state index is 4.16. The zero-order valence-corrected chi connectivity index (χ0v) is 7.91. The number of rotatable bonds is 1. The number of pyridine rings is 1. The van der Waals surface area contributed by atoms with Gasteiger partial charge in [-0.25, -0.2) is 4.98 Å². The van der Waals surface area contributed by atoms with E-state index in [1.807, 2.05) is 12.1 Å². The van der Waals surface area contributed by atoms with Crippen LogP contribution in [0, 0.1) is 6.20 Å². The van der Waals surface area contributed by atoms with Crippen molar-refractivity contribution in [1.82, 2.24) is 4.98 Å². The van der Waals surface area contributed by atoms with Gasteiger partial charge in [-0.05, 0) is 29.7 Å². The van der Waals surface area contributed by atoms with Gasteiger partial charge in [0.1, 0.15) is 0 Å². The van der Waals surface area contributed by atoms with E-state index in [2.05, 4.69) is 43.2 Å². The van der Waals surface area contributed by atoms with Crippen molar-refractivity contribution in [3.05, 3.63) is 42.1 Å². The summed E-state index contributed by atoms with van der Waals surface area (Å²) in [7, 11) is 0. The molecule has 1 aromatic heterocycles. The molecule has 0 fully saturated rings.